The van der Waals surface area contributed by atoms with Gasteiger partial charge in [-0.3, -0.25) is 4.79 Å². The van der Waals surface area contributed by atoms with E-state index in [4.69, 9.17) is 23.7 Å². The van der Waals surface area contributed by atoms with Crippen LogP contribution in [0.3, 0.4) is 0 Å². The first-order valence-electron chi connectivity index (χ1n) is 12.1. The average Bonchev–Trinajstić information content (AvgIpc) is 2.74. The van der Waals surface area contributed by atoms with Gasteiger partial charge in [0.1, 0.15) is 0 Å². The van der Waals surface area contributed by atoms with Crippen LogP contribution in [0.5, 0.6) is 0 Å². The summed E-state index contributed by atoms with van der Waals surface area (Å²) in [5.41, 5.74) is -1.08. The third-order valence-corrected chi connectivity index (χ3v) is 6.88. The molecule has 0 amide bonds. The molecule has 0 radical (unpaired) electrons. The summed E-state index contributed by atoms with van der Waals surface area (Å²) in [6.45, 7) is 15.9. The SMILES string of the molecule is C=C(CC(CC)(CCOC(=O)C(C)(C)C(C)C)OC1CCCCO1)OC1CCCCO1. The second kappa shape index (κ2) is 12.2. The van der Waals surface area contributed by atoms with Gasteiger partial charge in [0.05, 0.1) is 30.0 Å². The number of hydrogen-bond acceptors (Lipinski definition) is 6. The molecule has 2 fully saturated rings. The van der Waals surface area contributed by atoms with Crippen molar-refractivity contribution in [3.63, 3.8) is 0 Å². The van der Waals surface area contributed by atoms with Gasteiger partial charge >= 0.3 is 5.97 Å². The Hall–Kier alpha value is -1.11. The Morgan fingerprint density at radius 1 is 1.06 bits per heavy atom. The molecule has 0 saturated carbocycles. The van der Waals surface area contributed by atoms with Crippen LogP contribution in [0, 0.1) is 11.3 Å². The Balaban J connectivity index is 2.01. The van der Waals surface area contributed by atoms with E-state index in [-0.39, 0.29) is 24.5 Å². The number of rotatable bonds is 12. The summed E-state index contributed by atoms with van der Waals surface area (Å²) >= 11 is 0. The molecule has 2 rings (SSSR count). The van der Waals surface area contributed by atoms with Crippen molar-refractivity contribution < 1.29 is 28.5 Å². The number of ether oxygens (including phenoxy) is 5. The molecule has 0 aromatic rings. The van der Waals surface area contributed by atoms with Crippen LogP contribution in [0.4, 0.5) is 0 Å². The van der Waals surface area contributed by atoms with Crippen molar-refractivity contribution in [3.8, 4) is 0 Å². The summed E-state index contributed by atoms with van der Waals surface area (Å²) in [6.07, 6.45) is 7.45. The predicted octanol–water partition coefficient (Wildman–Crippen LogP) is 5.74. The van der Waals surface area contributed by atoms with E-state index < -0.39 is 11.0 Å². The molecule has 3 unspecified atom stereocenters. The van der Waals surface area contributed by atoms with Crippen LogP contribution in [-0.2, 0) is 28.5 Å². The zero-order chi connectivity index (χ0) is 22.9. The Morgan fingerprint density at radius 3 is 2.19 bits per heavy atom. The minimum atomic E-state index is -0.560. The van der Waals surface area contributed by atoms with Crippen molar-refractivity contribution in [1.29, 1.82) is 0 Å². The molecule has 0 aliphatic carbocycles. The second-order valence-electron chi connectivity index (χ2n) is 9.84. The van der Waals surface area contributed by atoms with E-state index >= 15 is 0 Å². The summed E-state index contributed by atoms with van der Waals surface area (Å²) < 4.78 is 29.8. The summed E-state index contributed by atoms with van der Waals surface area (Å²) in [6, 6.07) is 0. The topological polar surface area (TPSA) is 63.2 Å². The van der Waals surface area contributed by atoms with Crippen LogP contribution in [0.25, 0.3) is 0 Å². The molecule has 2 saturated heterocycles. The van der Waals surface area contributed by atoms with Gasteiger partial charge in [-0.15, -0.1) is 0 Å². The van der Waals surface area contributed by atoms with E-state index in [1.165, 1.54) is 0 Å². The molecule has 6 heteroatoms. The number of hydrogen-bond donors (Lipinski definition) is 0. The lowest BCUT2D eigenvalue weighted by Crippen LogP contribution is -2.41. The van der Waals surface area contributed by atoms with Crippen molar-refractivity contribution in [2.75, 3.05) is 19.8 Å². The first-order valence-corrected chi connectivity index (χ1v) is 12.1. The van der Waals surface area contributed by atoms with Crippen LogP contribution < -0.4 is 0 Å². The second-order valence-corrected chi connectivity index (χ2v) is 9.84. The van der Waals surface area contributed by atoms with Crippen LogP contribution >= 0.6 is 0 Å². The maximum Gasteiger partial charge on any atom is 0.311 e. The van der Waals surface area contributed by atoms with Crippen LogP contribution in [0.1, 0.15) is 92.4 Å². The Morgan fingerprint density at radius 2 is 1.68 bits per heavy atom. The molecule has 0 aromatic carbocycles. The Bertz CT molecular complexity index is 560. The van der Waals surface area contributed by atoms with Crippen molar-refractivity contribution >= 4 is 5.97 Å². The molecule has 0 bridgehead atoms. The largest absolute Gasteiger partial charge is 0.470 e. The van der Waals surface area contributed by atoms with Crippen molar-refractivity contribution in [2.45, 2.75) is 111 Å². The van der Waals surface area contributed by atoms with Crippen LogP contribution in [0.2, 0.25) is 0 Å². The maximum absolute atomic E-state index is 12.6. The van der Waals surface area contributed by atoms with Crippen LogP contribution in [0.15, 0.2) is 12.3 Å². The lowest BCUT2D eigenvalue weighted by atomic mass is 9.81. The van der Waals surface area contributed by atoms with E-state index in [1.807, 2.05) is 27.7 Å². The molecule has 2 aliphatic heterocycles. The lowest BCUT2D eigenvalue weighted by Gasteiger charge is -2.39. The summed E-state index contributed by atoms with van der Waals surface area (Å²) in [7, 11) is 0. The molecule has 31 heavy (non-hydrogen) atoms. The third-order valence-electron chi connectivity index (χ3n) is 6.88. The summed E-state index contributed by atoms with van der Waals surface area (Å²) in [4.78, 5) is 12.6. The number of esters is 1. The number of carbonyl (C=O) groups is 1. The highest BCUT2D eigenvalue weighted by molar-refractivity contribution is 5.76. The highest BCUT2D eigenvalue weighted by Crippen LogP contribution is 2.34. The van der Waals surface area contributed by atoms with E-state index in [2.05, 4.69) is 13.5 Å². The zero-order valence-electron chi connectivity index (χ0n) is 20.4. The minimum absolute atomic E-state index is 0.174. The van der Waals surface area contributed by atoms with E-state index in [1.54, 1.807) is 0 Å². The first-order chi connectivity index (χ1) is 14.7. The van der Waals surface area contributed by atoms with E-state index in [0.717, 1.165) is 58.2 Å². The normalized spacial score (nSPS) is 24.5. The van der Waals surface area contributed by atoms with Crippen LogP contribution in [-0.4, -0.2) is 44.0 Å². The van der Waals surface area contributed by atoms with Crippen molar-refractivity contribution in [2.24, 2.45) is 11.3 Å². The quantitative estimate of drug-likeness (QED) is 0.285. The molecule has 0 N–H and O–H groups in total. The van der Waals surface area contributed by atoms with Gasteiger partial charge in [-0.1, -0.05) is 27.4 Å². The molecule has 2 aliphatic rings. The standard InChI is InChI=1S/C25H44O6/c1-7-25(31-22-13-9-11-16-28-22,14-17-29-23(26)24(5,6)19(2)3)18-20(4)30-21-12-8-10-15-27-21/h19,21-22H,4,7-18H2,1-3,5-6H3. The monoisotopic (exact) mass is 440 g/mol. The highest BCUT2D eigenvalue weighted by atomic mass is 16.7. The van der Waals surface area contributed by atoms with Crippen molar-refractivity contribution in [1.82, 2.24) is 0 Å². The molecule has 3 atom stereocenters. The molecule has 6 nitrogen and oxygen atoms in total. The van der Waals surface area contributed by atoms with Gasteiger partial charge in [-0.25, -0.2) is 0 Å². The van der Waals surface area contributed by atoms with Gasteiger partial charge in [0.2, 0.25) is 0 Å². The molecule has 0 spiro atoms. The van der Waals surface area contributed by atoms with Gasteiger partial charge < -0.3 is 23.7 Å². The Kier molecular flexibility index (Phi) is 10.3. The zero-order valence-corrected chi connectivity index (χ0v) is 20.4. The predicted molar refractivity (Wildman–Crippen MR) is 120 cm³/mol. The summed E-state index contributed by atoms with van der Waals surface area (Å²) in [5.74, 6) is 0.678. The molecular formula is C25H44O6. The molecule has 2 heterocycles. The van der Waals surface area contributed by atoms with Gasteiger partial charge in [0.25, 0.3) is 0 Å². The first kappa shape index (κ1) is 26.1. The minimum Gasteiger partial charge on any atom is -0.470 e. The number of carbonyl (C=O) groups excluding carboxylic acids is 1. The fourth-order valence-corrected chi connectivity index (χ4v) is 3.80. The fourth-order valence-electron chi connectivity index (χ4n) is 3.80. The van der Waals surface area contributed by atoms with Gasteiger partial charge in [-0.2, -0.15) is 0 Å². The highest BCUT2D eigenvalue weighted by Gasteiger charge is 2.37. The van der Waals surface area contributed by atoms with E-state index in [9.17, 15) is 4.79 Å². The molecule has 180 valence electrons. The van der Waals surface area contributed by atoms with Gasteiger partial charge in [0.15, 0.2) is 12.6 Å². The maximum atomic E-state index is 12.6. The lowest BCUT2D eigenvalue weighted by molar-refractivity contribution is -0.234. The summed E-state index contributed by atoms with van der Waals surface area (Å²) in [5, 5.41) is 0. The fraction of sp³-hybridized carbons (Fsp3) is 0.880. The van der Waals surface area contributed by atoms with Gasteiger partial charge in [0, 0.05) is 25.9 Å². The Labute approximate surface area is 189 Å². The van der Waals surface area contributed by atoms with E-state index in [0.29, 0.717) is 25.2 Å². The third kappa shape index (κ3) is 8.07. The molecular weight excluding hydrogens is 396 g/mol. The molecule has 0 aromatic heterocycles. The average molecular weight is 441 g/mol. The van der Waals surface area contributed by atoms with Gasteiger partial charge in [-0.05, 0) is 58.3 Å². The smallest absolute Gasteiger partial charge is 0.311 e. The van der Waals surface area contributed by atoms with Crippen molar-refractivity contribution in [3.05, 3.63) is 12.3 Å².